The summed E-state index contributed by atoms with van der Waals surface area (Å²) in [5, 5.41) is 4.43. The van der Waals surface area contributed by atoms with Crippen LogP contribution in [0, 0.1) is 13.8 Å². The molecule has 0 radical (unpaired) electrons. The van der Waals surface area contributed by atoms with Crippen molar-refractivity contribution in [3.05, 3.63) is 47.3 Å². The molecule has 0 aliphatic rings. The maximum absolute atomic E-state index is 11.9. The molecule has 0 bridgehead atoms. The number of hydrogen-bond donors (Lipinski definition) is 1. The summed E-state index contributed by atoms with van der Waals surface area (Å²) in [5.74, 6) is 0.164. The van der Waals surface area contributed by atoms with Crippen molar-refractivity contribution in [3.8, 4) is 0 Å². The summed E-state index contributed by atoms with van der Waals surface area (Å²) in [5.41, 5.74) is 3.80. The lowest BCUT2D eigenvalue weighted by molar-refractivity contribution is 0.598. The number of nitrogens with zero attached hydrogens (tertiary/aromatic N) is 2. The molecule has 0 unspecified atom stereocenters. The van der Waals surface area contributed by atoms with E-state index in [1.807, 2.05) is 43.7 Å². The van der Waals surface area contributed by atoms with Gasteiger partial charge in [0, 0.05) is 11.4 Å². The van der Waals surface area contributed by atoms with Gasteiger partial charge in [0.1, 0.15) is 0 Å². The molecule has 0 atom stereocenters. The normalized spacial score (nSPS) is 11.6. The highest BCUT2D eigenvalue weighted by molar-refractivity contribution is 7.92. The van der Waals surface area contributed by atoms with Crippen molar-refractivity contribution in [2.45, 2.75) is 40.2 Å². The molecular weight excluding hydrogens is 298 g/mol. The Kier molecular flexibility index (Phi) is 5.24. The molecule has 1 aromatic heterocycles. The Bertz CT molecular complexity index is 718. The first-order valence-electron chi connectivity index (χ1n) is 7.50. The number of aryl methyl sites for hydroxylation is 2. The number of unbranched alkanes of at least 4 members (excludes halogenated alkanes) is 1. The molecule has 0 saturated heterocycles. The second kappa shape index (κ2) is 6.96. The Morgan fingerprint density at radius 2 is 1.86 bits per heavy atom. The topological polar surface area (TPSA) is 64.0 Å². The average molecular weight is 321 g/mol. The Morgan fingerprint density at radius 1 is 1.18 bits per heavy atom. The van der Waals surface area contributed by atoms with E-state index >= 15 is 0 Å². The van der Waals surface area contributed by atoms with Gasteiger partial charge < -0.3 is 0 Å². The minimum Gasteiger partial charge on any atom is -0.284 e. The van der Waals surface area contributed by atoms with Gasteiger partial charge in [0.2, 0.25) is 10.0 Å². The number of hydrogen-bond acceptors (Lipinski definition) is 3. The van der Waals surface area contributed by atoms with E-state index in [-0.39, 0.29) is 5.75 Å². The molecule has 5 nitrogen and oxygen atoms in total. The zero-order valence-electron chi connectivity index (χ0n) is 13.3. The molecule has 2 aromatic rings. The van der Waals surface area contributed by atoms with Crippen LogP contribution in [0.25, 0.3) is 0 Å². The number of sulfonamides is 1. The van der Waals surface area contributed by atoms with Crippen LogP contribution in [0.4, 0.5) is 5.69 Å². The third kappa shape index (κ3) is 4.59. The fourth-order valence-electron chi connectivity index (χ4n) is 2.25. The van der Waals surface area contributed by atoms with Crippen LogP contribution in [-0.2, 0) is 16.6 Å². The zero-order chi connectivity index (χ0) is 16.2. The van der Waals surface area contributed by atoms with Gasteiger partial charge in [-0.3, -0.25) is 9.40 Å². The molecule has 0 amide bonds. The fourth-order valence-corrected chi connectivity index (χ4v) is 3.52. The lowest BCUT2D eigenvalue weighted by Crippen LogP contribution is -2.16. The third-order valence-electron chi connectivity index (χ3n) is 3.43. The quantitative estimate of drug-likeness (QED) is 0.852. The van der Waals surface area contributed by atoms with Gasteiger partial charge in [0.25, 0.3) is 0 Å². The maximum Gasteiger partial charge on any atom is 0.232 e. The van der Waals surface area contributed by atoms with Crippen LogP contribution in [0.1, 0.15) is 36.7 Å². The van der Waals surface area contributed by atoms with Crippen molar-refractivity contribution in [2.24, 2.45) is 0 Å². The summed E-state index contributed by atoms with van der Waals surface area (Å²) in [6, 6.07) is 9.48. The van der Waals surface area contributed by atoms with Gasteiger partial charge in [-0.15, -0.1) is 0 Å². The second-order valence-electron chi connectivity index (χ2n) is 5.56. The number of aromatic nitrogens is 2. The van der Waals surface area contributed by atoms with Gasteiger partial charge >= 0.3 is 0 Å². The molecule has 0 aliphatic heterocycles. The van der Waals surface area contributed by atoms with Crippen molar-refractivity contribution >= 4 is 15.7 Å². The average Bonchev–Trinajstić information content (AvgIpc) is 2.76. The predicted molar refractivity (Wildman–Crippen MR) is 89.6 cm³/mol. The molecule has 6 heteroatoms. The highest BCUT2D eigenvalue weighted by Gasteiger charge is 2.09. The largest absolute Gasteiger partial charge is 0.284 e. The first-order valence-corrected chi connectivity index (χ1v) is 9.15. The molecular formula is C16H23N3O2S. The minimum atomic E-state index is -3.24. The molecule has 0 saturated carbocycles. The van der Waals surface area contributed by atoms with Crippen LogP contribution in [0.5, 0.6) is 0 Å². The molecule has 1 N–H and O–H groups in total. The van der Waals surface area contributed by atoms with Crippen LogP contribution in [0.2, 0.25) is 0 Å². The first-order chi connectivity index (χ1) is 10.4. The van der Waals surface area contributed by atoms with E-state index in [1.165, 1.54) is 0 Å². The summed E-state index contributed by atoms with van der Waals surface area (Å²) in [4.78, 5) is 0. The van der Waals surface area contributed by atoms with E-state index in [0.717, 1.165) is 23.4 Å². The number of benzene rings is 1. The van der Waals surface area contributed by atoms with Gasteiger partial charge in [-0.25, -0.2) is 8.42 Å². The Hall–Kier alpha value is -1.82. The summed E-state index contributed by atoms with van der Waals surface area (Å²) in [6.07, 6.45) is 1.54. The van der Waals surface area contributed by atoms with Gasteiger partial charge in [-0.1, -0.05) is 25.5 Å². The number of nitrogens with one attached hydrogen (secondary N) is 1. The Labute approximate surface area is 132 Å². The molecule has 0 fully saturated rings. The van der Waals surface area contributed by atoms with Crippen molar-refractivity contribution in [2.75, 3.05) is 10.5 Å². The SMILES string of the molecule is CCCCS(=O)(=O)Nc1ccc(Cn2nc(C)cc2C)cc1. The van der Waals surface area contributed by atoms with E-state index in [9.17, 15) is 8.42 Å². The summed E-state index contributed by atoms with van der Waals surface area (Å²) in [6.45, 7) is 6.65. The molecule has 2 rings (SSSR count). The highest BCUT2D eigenvalue weighted by atomic mass is 32.2. The maximum atomic E-state index is 11.9. The highest BCUT2D eigenvalue weighted by Crippen LogP contribution is 2.14. The van der Waals surface area contributed by atoms with E-state index in [2.05, 4.69) is 9.82 Å². The Morgan fingerprint density at radius 3 is 2.41 bits per heavy atom. The van der Waals surface area contributed by atoms with Gasteiger partial charge in [-0.2, -0.15) is 5.10 Å². The summed E-state index contributed by atoms with van der Waals surface area (Å²) in [7, 11) is -3.24. The van der Waals surface area contributed by atoms with Crippen LogP contribution in [0.3, 0.4) is 0 Å². The van der Waals surface area contributed by atoms with Gasteiger partial charge in [0.15, 0.2) is 0 Å². The van der Waals surface area contributed by atoms with Crippen molar-refractivity contribution in [1.82, 2.24) is 9.78 Å². The summed E-state index contributed by atoms with van der Waals surface area (Å²) < 4.78 is 28.3. The van der Waals surface area contributed by atoms with Crippen molar-refractivity contribution < 1.29 is 8.42 Å². The smallest absolute Gasteiger partial charge is 0.232 e. The van der Waals surface area contributed by atoms with Crippen LogP contribution in [0.15, 0.2) is 30.3 Å². The molecule has 120 valence electrons. The van der Waals surface area contributed by atoms with E-state index < -0.39 is 10.0 Å². The fraction of sp³-hybridized carbons (Fsp3) is 0.438. The van der Waals surface area contributed by atoms with Crippen LogP contribution >= 0.6 is 0 Å². The second-order valence-corrected chi connectivity index (χ2v) is 7.40. The molecule has 0 spiro atoms. The lowest BCUT2D eigenvalue weighted by atomic mass is 10.2. The molecule has 0 aliphatic carbocycles. The van der Waals surface area contributed by atoms with Crippen LogP contribution < -0.4 is 4.72 Å². The summed E-state index contributed by atoms with van der Waals surface area (Å²) >= 11 is 0. The van der Waals surface area contributed by atoms with Gasteiger partial charge in [0.05, 0.1) is 18.0 Å². The predicted octanol–water partition coefficient (Wildman–Crippen LogP) is 3.09. The van der Waals surface area contributed by atoms with E-state index in [0.29, 0.717) is 18.7 Å². The lowest BCUT2D eigenvalue weighted by Gasteiger charge is -2.09. The monoisotopic (exact) mass is 321 g/mol. The van der Waals surface area contributed by atoms with Gasteiger partial charge in [-0.05, 0) is 44.0 Å². The van der Waals surface area contributed by atoms with Crippen molar-refractivity contribution in [3.63, 3.8) is 0 Å². The van der Waals surface area contributed by atoms with Crippen LogP contribution in [-0.4, -0.2) is 24.0 Å². The first kappa shape index (κ1) is 16.5. The Balaban J connectivity index is 2.03. The van der Waals surface area contributed by atoms with Crippen molar-refractivity contribution in [1.29, 1.82) is 0 Å². The molecule has 22 heavy (non-hydrogen) atoms. The number of anilines is 1. The van der Waals surface area contributed by atoms with E-state index in [1.54, 1.807) is 12.1 Å². The zero-order valence-corrected chi connectivity index (χ0v) is 14.2. The standard InChI is InChI=1S/C16H23N3O2S/c1-4-5-10-22(20,21)18-16-8-6-15(7-9-16)12-19-14(3)11-13(2)17-19/h6-9,11,18H,4-5,10,12H2,1-3H3. The minimum absolute atomic E-state index is 0.164. The third-order valence-corrected chi connectivity index (χ3v) is 4.80. The molecule has 1 aromatic carbocycles. The van der Waals surface area contributed by atoms with E-state index in [4.69, 9.17) is 0 Å². The molecule has 1 heterocycles. The number of rotatable bonds is 7.